The molecule has 2 aliphatic rings. The van der Waals surface area contributed by atoms with Gasteiger partial charge in [-0.25, -0.2) is 0 Å². The van der Waals surface area contributed by atoms with E-state index in [1.807, 2.05) is 6.92 Å². The van der Waals surface area contributed by atoms with Crippen LogP contribution in [0.25, 0.3) is 0 Å². The number of hydrogen-bond acceptors (Lipinski definition) is 2. The molecule has 20 heavy (non-hydrogen) atoms. The van der Waals surface area contributed by atoms with Crippen molar-refractivity contribution in [2.24, 2.45) is 5.41 Å². The van der Waals surface area contributed by atoms with Crippen molar-refractivity contribution in [3.63, 3.8) is 0 Å². The molecule has 0 spiro atoms. The summed E-state index contributed by atoms with van der Waals surface area (Å²) in [5, 5.41) is 9.55. The van der Waals surface area contributed by atoms with E-state index in [1.165, 1.54) is 24.0 Å². The summed E-state index contributed by atoms with van der Waals surface area (Å²) in [4.78, 5) is 14.0. The fourth-order valence-corrected chi connectivity index (χ4v) is 3.89. The fourth-order valence-electron chi connectivity index (χ4n) is 3.89. The van der Waals surface area contributed by atoms with Gasteiger partial charge in [-0.05, 0) is 49.8 Å². The molecule has 0 saturated carbocycles. The number of likely N-dealkylation sites (tertiary alicyclic amines) is 1. The minimum Gasteiger partial charge on any atom is -0.481 e. The maximum atomic E-state index is 11.6. The zero-order valence-corrected chi connectivity index (χ0v) is 12.1. The van der Waals surface area contributed by atoms with Gasteiger partial charge in [-0.3, -0.25) is 9.69 Å². The van der Waals surface area contributed by atoms with E-state index in [0.29, 0.717) is 12.6 Å². The highest BCUT2D eigenvalue weighted by atomic mass is 16.4. The smallest absolute Gasteiger partial charge is 0.310 e. The SMILES string of the molecule is CCC1(C(=O)O)CCN(C2CCCc3ccccc32)C1. The molecule has 0 aromatic heterocycles. The summed E-state index contributed by atoms with van der Waals surface area (Å²) in [5.74, 6) is -0.619. The molecule has 3 nitrogen and oxygen atoms in total. The van der Waals surface area contributed by atoms with Crippen LogP contribution in [0.2, 0.25) is 0 Å². The van der Waals surface area contributed by atoms with Crippen LogP contribution in [0.1, 0.15) is 49.8 Å². The third-order valence-corrected chi connectivity index (χ3v) is 5.29. The number of nitrogens with zero attached hydrogens (tertiary/aromatic N) is 1. The van der Waals surface area contributed by atoms with Crippen molar-refractivity contribution in [3.05, 3.63) is 35.4 Å². The number of aryl methyl sites for hydroxylation is 1. The number of carbonyl (C=O) groups is 1. The Morgan fingerprint density at radius 1 is 1.45 bits per heavy atom. The molecule has 2 unspecified atom stereocenters. The van der Waals surface area contributed by atoms with Gasteiger partial charge in [-0.1, -0.05) is 31.2 Å². The summed E-state index contributed by atoms with van der Waals surface area (Å²) in [6.45, 7) is 3.63. The second kappa shape index (κ2) is 5.21. The number of benzene rings is 1. The minimum atomic E-state index is -0.619. The van der Waals surface area contributed by atoms with Gasteiger partial charge < -0.3 is 5.11 Å². The highest BCUT2D eigenvalue weighted by molar-refractivity contribution is 5.75. The zero-order chi connectivity index (χ0) is 14.2. The van der Waals surface area contributed by atoms with E-state index in [9.17, 15) is 9.90 Å². The van der Waals surface area contributed by atoms with E-state index in [0.717, 1.165) is 25.8 Å². The van der Waals surface area contributed by atoms with Gasteiger partial charge >= 0.3 is 5.97 Å². The monoisotopic (exact) mass is 273 g/mol. The fraction of sp³-hybridized carbons (Fsp3) is 0.588. The molecule has 0 amide bonds. The third kappa shape index (κ3) is 2.14. The molecule has 3 rings (SSSR count). The molecule has 1 aromatic carbocycles. The number of carboxylic acids is 1. The Kier molecular flexibility index (Phi) is 3.55. The van der Waals surface area contributed by atoms with Crippen molar-refractivity contribution in [3.8, 4) is 0 Å². The van der Waals surface area contributed by atoms with Crippen LogP contribution in [0.3, 0.4) is 0 Å². The Balaban J connectivity index is 1.84. The highest BCUT2D eigenvalue weighted by Gasteiger charge is 2.45. The number of rotatable bonds is 3. The second-order valence-electron chi connectivity index (χ2n) is 6.27. The normalized spacial score (nSPS) is 30.1. The first-order valence-electron chi connectivity index (χ1n) is 7.71. The quantitative estimate of drug-likeness (QED) is 0.919. The maximum absolute atomic E-state index is 11.6. The maximum Gasteiger partial charge on any atom is 0.310 e. The second-order valence-corrected chi connectivity index (χ2v) is 6.27. The molecule has 1 heterocycles. The topological polar surface area (TPSA) is 40.5 Å². The first-order valence-corrected chi connectivity index (χ1v) is 7.71. The zero-order valence-electron chi connectivity index (χ0n) is 12.1. The van der Waals surface area contributed by atoms with Crippen molar-refractivity contribution in [1.82, 2.24) is 4.90 Å². The molecule has 1 aromatic rings. The molecule has 1 aliphatic heterocycles. The van der Waals surface area contributed by atoms with E-state index >= 15 is 0 Å². The Bertz CT molecular complexity index is 513. The van der Waals surface area contributed by atoms with E-state index in [2.05, 4.69) is 29.2 Å². The van der Waals surface area contributed by atoms with E-state index in [1.54, 1.807) is 0 Å². The molecule has 3 heteroatoms. The summed E-state index contributed by atoms with van der Waals surface area (Å²) in [7, 11) is 0. The Morgan fingerprint density at radius 3 is 2.95 bits per heavy atom. The highest BCUT2D eigenvalue weighted by Crippen LogP contribution is 2.42. The molecule has 2 atom stereocenters. The van der Waals surface area contributed by atoms with Gasteiger partial charge in [0.1, 0.15) is 0 Å². The van der Waals surface area contributed by atoms with Crippen LogP contribution in [0.15, 0.2) is 24.3 Å². The summed E-state index contributed by atoms with van der Waals surface area (Å²) >= 11 is 0. The van der Waals surface area contributed by atoms with Crippen LogP contribution in [0, 0.1) is 5.41 Å². The molecular formula is C17H23NO2. The predicted octanol–water partition coefficient (Wildman–Crippen LogP) is 3.25. The van der Waals surface area contributed by atoms with E-state index in [4.69, 9.17) is 0 Å². The standard InChI is InChI=1S/C17H23NO2/c1-2-17(16(19)20)10-11-18(12-17)15-9-5-7-13-6-3-4-8-14(13)15/h3-4,6,8,15H,2,5,7,9-12H2,1H3,(H,19,20). The molecular weight excluding hydrogens is 250 g/mol. The molecule has 1 saturated heterocycles. The summed E-state index contributed by atoms with van der Waals surface area (Å²) < 4.78 is 0. The average molecular weight is 273 g/mol. The lowest BCUT2D eigenvalue weighted by atomic mass is 9.84. The van der Waals surface area contributed by atoms with Crippen LogP contribution in [0.4, 0.5) is 0 Å². The first-order chi connectivity index (χ1) is 9.66. The molecule has 1 N–H and O–H groups in total. The van der Waals surface area contributed by atoms with Crippen LogP contribution < -0.4 is 0 Å². The van der Waals surface area contributed by atoms with E-state index in [-0.39, 0.29) is 0 Å². The van der Waals surface area contributed by atoms with Crippen molar-refractivity contribution in [1.29, 1.82) is 0 Å². The lowest BCUT2D eigenvalue weighted by molar-refractivity contribution is -0.148. The summed E-state index contributed by atoms with van der Waals surface area (Å²) in [6, 6.07) is 9.09. The van der Waals surface area contributed by atoms with E-state index < -0.39 is 11.4 Å². The van der Waals surface area contributed by atoms with Crippen LogP contribution >= 0.6 is 0 Å². The van der Waals surface area contributed by atoms with Gasteiger partial charge in [0.15, 0.2) is 0 Å². The lowest BCUT2D eigenvalue weighted by Gasteiger charge is -2.34. The third-order valence-electron chi connectivity index (χ3n) is 5.29. The van der Waals surface area contributed by atoms with Crippen molar-refractivity contribution < 1.29 is 9.90 Å². The van der Waals surface area contributed by atoms with Gasteiger partial charge in [-0.15, -0.1) is 0 Å². The molecule has 0 radical (unpaired) electrons. The first kappa shape index (κ1) is 13.6. The van der Waals surface area contributed by atoms with Crippen molar-refractivity contribution in [2.75, 3.05) is 13.1 Å². The molecule has 1 fully saturated rings. The Labute approximate surface area is 120 Å². The van der Waals surface area contributed by atoms with Gasteiger partial charge in [0.05, 0.1) is 5.41 Å². The molecule has 0 bridgehead atoms. The number of carboxylic acid groups (broad SMARTS) is 1. The predicted molar refractivity (Wildman–Crippen MR) is 78.7 cm³/mol. The van der Waals surface area contributed by atoms with Crippen LogP contribution in [-0.4, -0.2) is 29.1 Å². The minimum absolute atomic E-state index is 0.424. The Hall–Kier alpha value is -1.35. The molecule has 1 aliphatic carbocycles. The summed E-state index contributed by atoms with van der Waals surface area (Å²) in [5.41, 5.74) is 2.36. The van der Waals surface area contributed by atoms with Gasteiger partial charge in [0.25, 0.3) is 0 Å². The van der Waals surface area contributed by atoms with Gasteiger partial charge in [0, 0.05) is 12.6 Å². The number of fused-ring (bicyclic) bond motifs is 1. The Morgan fingerprint density at radius 2 is 2.25 bits per heavy atom. The number of aliphatic carboxylic acids is 1. The lowest BCUT2D eigenvalue weighted by Crippen LogP contribution is -2.36. The van der Waals surface area contributed by atoms with Crippen LogP contribution in [0.5, 0.6) is 0 Å². The van der Waals surface area contributed by atoms with Crippen molar-refractivity contribution >= 4 is 5.97 Å². The van der Waals surface area contributed by atoms with Gasteiger partial charge in [0.2, 0.25) is 0 Å². The van der Waals surface area contributed by atoms with Gasteiger partial charge in [-0.2, -0.15) is 0 Å². The van der Waals surface area contributed by atoms with Crippen LogP contribution in [-0.2, 0) is 11.2 Å². The molecule has 108 valence electrons. The largest absolute Gasteiger partial charge is 0.481 e. The summed E-state index contributed by atoms with van der Waals surface area (Å²) in [6.07, 6.45) is 5.06. The number of hydrogen-bond donors (Lipinski definition) is 1. The van der Waals surface area contributed by atoms with Crippen molar-refractivity contribution in [2.45, 2.75) is 45.1 Å². The average Bonchev–Trinajstić information content (AvgIpc) is 2.92.